The number of halogens is 1. The van der Waals surface area contributed by atoms with Gasteiger partial charge in [0.2, 0.25) is 0 Å². The van der Waals surface area contributed by atoms with Crippen molar-refractivity contribution in [2.75, 3.05) is 44.8 Å². The maximum atomic E-state index is 11.9. The number of rotatable bonds is 14. The molecule has 0 radical (unpaired) electrons. The number of benzene rings is 2. The maximum absolute atomic E-state index is 11.9. The Morgan fingerprint density at radius 1 is 1.03 bits per heavy atom. The summed E-state index contributed by atoms with van der Waals surface area (Å²) in [5, 5.41) is 19.2. The van der Waals surface area contributed by atoms with Crippen molar-refractivity contribution < 1.29 is 24.1 Å². The van der Waals surface area contributed by atoms with E-state index >= 15 is 0 Å². The van der Waals surface area contributed by atoms with Crippen molar-refractivity contribution in [2.24, 2.45) is 0 Å². The highest BCUT2D eigenvalue weighted by molar-refractivity contribution is 6.30. The van der Waals surface area contributed by atoms with Crippen molar-refractivity contribution in [2.45, 2.75) is 37.9 Å². The fourth-order valence-electron chi connectivity index (χ4n) is 3.59. The highest BCUT2D eigenvalue weighted by atomic mass is 35.5. The first-order valence-corrected chi connectivity index (χ1v) is 12.1. The number of carbonyl (C=O) groups excluding carboxylic acids is 1. The Labute approximate surface area is 205 Å². The molecule has 1 saturated carbocycles. The van der Waals surface area contributed by atoms with Gasteiger partial charge in [-0.3, -0.25) is 0 Å². The van der Waals surface area contributed by atoms with Gasteiger partial charge in [0.25, 0.3) is 0 Å². The standard InChI is InChI=1S/C25H34ClN3O5/c26-19-4-3-5-20(16-19)29-25(31)28-13-12-27-17-21(30)18-34-24-10-8-23(9-11-24)33-15-14-32-22-6-1-2-7-22/h3-5,8-11,16,21-22,27,30H,1-2,6-7,12-15,17-18H2,(H2,28,29,31)/t21-/m1/s1. The van der Waals surface area contributed by atoms with E-state index in [1.54, 1.807) is 24.3 Å². The molecule has 0 heterocycles. The third-order valence-corrected chi connectivity index (χ3v) is 5.56. The fourth-order valence-corrected chi connectivity index (χ4v) is 3.78. The van der Waals surface area contributed by atoms with Crippen LogP contribution in [0.25, 0.3) is 0 Å². The van der Waals surface area contributed by atoms with E-state index in [1.165, 1.54) is 12.8 Å². The third kappa shape index (κ3) is 10.2. The fraction of sp³-hybridized carbons (Fsp3) is 0.480. The second-order valence-electron chi connectivity index (χ2n) is 8.16. The first kappa shape index (κ1) is 26.1. The molecule has 0 unspecified atom stereocenters. The predicted octanol–water partition coefficient (Wildman–Crippen LogP) is 3.83. The van der Waals surface area contributed by atoms with Crippen LogP contribution in [0.4, 0.5) is 10.5 Å². The number of hydrogen-bond acceptors (Lipinski definition) is 6. The highest BCUT2D eigenvalue weighted by Crippen LogP contribution is 2.21. The first-order chi connectivity index (χ1) is 16.6. The van der Waals surface area contributed by atoms with Crippen LogP contribution in [-0.4, -0.2) is 62.8 Å². The van der Waals surface area contributed by atoms with E-state index in [9.17, 15) is 9.90 Å². The molecule has 1 aliphatic carbocycles. The van der Waals surface area contributed by atoms with Crippen molar-refractivity contribution in [1.29, 1.82) is 0 Å². The van der Waals surface area contributed by atoms with Gasteiger partial charge in [-0.25, -0.2) is 4.79 Å². The lowest BCUT2D eigenvalue weighted by Gasteiger charge is -2.14. The Morgan fingerprint density at radius 3 is 2.50 bits per heavy atom. The van der Waals surface area contributed by atoms with E-state index in [2.05, 4.69) is 16.0 Å². The smallest absolute Gasteiger partial charge is 0.319 e. The first-order valence-electron chi connectivity index (χ1n) is 11.7. The van der Waals surface area contributed by atoms with Crippen LogP contribution in [0.1, 0.15) is 25.7 Å². The van der Waals surface area contributed by atoms with Crippen molar-refractivity contribution in [3.05, 3.63) is 53.6 Å². The number of anilines is 1. The van der Waals surface area contributed by atoms with E-state index in [0.29, 0.717) is 55.4 Å². The predicted molar refractivity (Wildman–Crippen MR) is 133 cm³/mol. The Kier molecular flexibility index (Phi) is 11.3. The van der Waals surface area contributed by atoms with Crippen molar-refractivity contribution in [1.82, 2.24) is 10.6 Å². The molecule has 2 aromatic rings. The molecule has 1 fully saturated rings. The quantitative estimate of drug-likeness (QED) is 0.300. The Hall–Kier alpha value is -2.52. The van der Waals surface area contributed by atoms with Gasteiger partial charge in [0.1, 0.15) is 30.8 Å². The number of aliphatic hydroxyl groups excluding tert-OH is 1. The summed E-state index contributed by atoms with van der Waals surface area (Å²) in [6.45, 7) is 2.55. The molecular formula is C25H34ClN3O5. The minimum atomic E-state index is -0.677. The summed E-state index contributed by atoms with van der Waals surface area (Å²) in [6.07, 6.45) is 4.57. The van der Waals surface area contributed by atoms with Gasteiger partial charge < -0.3 is 35.3 Å². The average Bonchev–Trinajstić information content (AvgIpc) is 3.35. The summed E-state index contributed by atoms with van der Waals surface area (Å²) in [5.74, 6) is 1.42. The third-order valence-electron chi connectivity index (χ3n) is 5.32. The maximum Gasteiger partial charge on any atom is 0.319 e. The summed E-state index contributed by atoms with van der Waals surface area (Å²) in [6, 6.07) is 13.9. The normalized spacial score (nSPS) is 14.5. The van der Waals surface area contributed by atoms with Crippen LogP contribution in [0.3, 0.4) is 0 Å². The molecule has 2 amide bonds. The van der Waals surface area contributed by atoms with E-state index in [-0.39, 0.29) is 12.6 Å². The zero-order chi connectivity index (χ0) is 24.0. The van der Waals surface area contributed by atoms with Gasteiger partial charge in [-0.1, -0.05) is 30.5 Å². The summed E-state index contributed by atoms with van der Waals surface area (Å²) >= 11 is 5.89. The summed E-state index contributed by atoms with van der Waals surface area (Å²) in [4.78, 5) is 11.9. The van der Waals surface area contributed by atoms with Crippen molar-refractivity contribution in [3.63, 3.8) is 0 Å². The molecule has 3 rings (SSSR count). The number of ether oxygens (including phenoxy) is 3. The molecule has 0 aliphatic heterocycles. The number of amides is 2. The Morgan fingerprint density at radius 2 is 1.76 bits per heavy atom. The summed E-state index contributed by atoms with van der Waals surface area (Å²) in [7, 11) is 0. The van der Waals surface area contributed by atoms with Crippen LogP contribution in [-0.2, 0) is 4.74 Å². The second-order valence-corrected chi connectivity index (χ2v) is 8.59. The van der Waals surface area contributed by atoms with E-state index < -0.39 is 6.10 Å². The summed E-state index contributed by atoms with van der Waals surface area (Å²) < 4.78 is 17.1. The molecule has 8 nitrogen and oxygen atoms in total. The monoisotopic (exact) mass is 491 g/mol. The van der Waals surface area contributed by atoms with Gasteiger partial charge in [-0.2, -0.15) is 0 Å². The van der Waals surface area contributed by atoms with Crippen LogP contribution < -0.4 is 25.4 Å². The SMILES string of the molecule is O=C(NCCNC[C@@H](O)COc1ccc(OCCOC2CCCC2)cc1)Nc1cccc(Cl)c1. The minimum Gasteiger partial charge on any atom is -0.491 e. The lowest BCUT2D eigenvalue weighted by atomic mass is 10.3. The molecule has 4 N–H and O–H groups in total. The zero-order valence-corrected chi connectivity index (χ0v) is 20.1. The number of nitrogens with one attached hydrogen (secondary N) is 3. The Balaban J connectivity index is 1.20. The average molecular weight is 492 g/mol. The van der Waals surface area contributed by atoms with Gasteiger partial charge in [0.15, 0.2) is 0 Å². The van der Waals surface area contributed by atoms with Crippen molar-refractivity contribution in [3.8, 4) is 11.5 Å². The molecule has 34 heavy (non-hydrogen) atoms. The number of hydrogen-bond donors (Lipinski definition) is 4. The lowest BCUT2D eigenvalue weighted by Crippen LogP contribution is -2.38. The molecule has 9 heteroatoms. The molecule has 1 aliphatic rings. The van der Waals surface area contributed by atoms with Crippen LogP contribution in [0, 0.1) is 0 Å². The zero-order valence-electron chi connectivity index (χ0n) is 19.3. The number of urea groups is 1. The molecule has 0 aromatic heterocycles. The topological polar surface area (TPSA) is 101 Å². The number of carbonyl (C=O) groups is 1. The van der Waals surface area contributed by atoms with Crippen molar-refractivity contribution >= 4 is 23.3 Å². The van der Waals surface area contributed by atoms with Crippen LogP contribution in [0.15, 0.2) is 48.5 Å². The molecule has 0 spiro atoms. The van der Waals surface area contributed by atoms with Gasteiger partial charge in [0.05, 0.1) is 12.7 Å². The largest absolute Gasteiger partial charge is 0.491 e. The highest BCUT2D eigenvalue weighted by Gasteiger charge is 2.14. The molecular weight excluding hydrogens is 458 g/mol. The van der Waals surface area contributed by atoms with E-state index in [0.717, 1.165) is 18.6 Å². The van der Waals surface area contributed by atoms with Crippen LogP contribution in [0.2, 0.25) is 5.02 Å². The number of aliphatic hydroxyl groups is 1. The molecule has 0 saturated heterocycles. The summed E-state index contributed by atoms with van der Waals surface area (Å²) in [5.41, 5.74) is 0.624. The molecule has 186 valence electrons. The molecule has 2 aromatic carbocycles. The van der Waals surface area contributed by atoms with Gasteiger partial charge in [-0.15, -0.1) is 0 Å². The van der Waals surface area contributed by atoms with Gasteiger partial charge >= 0.3 is 6.03 Å². The van der Waals surface area contributed by atoms with Crippen LogP contribution >= 0.6 is 11.6 Å². The van der Waals surface area contributed by atoms with Gasteiger partial charge in [0, 0.05) is 30.3 Å². The molecule has 1 atom stereocenters. The van der Waals surface area contributed by atoms with Crippen LogP contribution in [0.5, 0.6) is 11.5 Å². The van der Waals surface area contributed by atoms with E-state index in [4.69, 9.17) is 25.8 Å². The molecule has 0 bridgehead atoms. The van der Waals surface area contributed by atoms with E-state index in [1.807, 2.05) is 24.3 Å². The Bertz CT molecular complexity index is 862. The second kappa shape index (κ2) is 14.7. The lowest BCUT2D eigenvalue weighted by molar-refractivity contribution is 0.0382. The van der Waals surface area contributed by atoms with Gasteiger partial charge in [-0.05, 0) is 55.3 Å². The minimum absolute atomic E-state index is 0.158.